The molecule has 0 spiro atoms. The van der Waals surface area contributed by atoms with Crippen molar-refractivity contribution < 1.29 is 13.2 Å². The van der Waals surface area contributed by atoms with Gasteiger partial charge in [0, 0.05) is 21.7 Å². The third-order valence-corrected chi connectivity index (χ3v) is 3.79. The highest BCUT2D eigenvalue weighted by Crippen LogP contribution is 2.36. The number of hydrogen-bond acceptors (Lipinski definition) is 1. The molecular formula is C15H12BrClF3N. The van der Waals surface area contributed by atoms with E-state index in [1.54, 1.807) is 24.3 Å². The van der Waals surface area contributed by atoms with E-state index in [0.717, 1.165) is 17.2 Å². The minimum atomic E-state index is -4.40. The molecule has 6 heteroatoms. The molecule has 2 aromatic rings. The molecule has 0 aliphatic carbocycles. The lowest BCUT2D eigenvalue weighted by Crippen LogP contribution is -2.11. The summed E-state index contributed by atoms with van der Waals surface area (Å²) in [6.07, 6.45) is -4.40. The number of nitrogens with one attached hydrogen (secondary N) is 1. The second-order valence-electron chi connectivity index (χ2n) is 4.61. The van der Waals surface area contributed by atoms with E-state index in [1.807, 2.05) is 6.92 Å². The molecule has 0 radical (unpaired) electrons. The number of anilines is 1. The number of halogens is 5. The minimum absolute atomic E-state index is 0.0556. The summed E-state index contributed by atoms with van der Waals surface area (Å²) in [7, 11) is 0. The van der Waals surface area contributed by atoms with Crippen LogP contribution in [0.2, 0.25) is 5.02 Å². The van der Waals surface area contributed by atoms with Gasteiger partial charge in [0.1, 0.15) is 0 Å². The van der Waals surface area contributed by atoms with E-state index in [1.165, 1.54) is 6.07 Å². The fourth-order valence-corrected chi connectivity index (χ4v) is 2.54. The van der Waals surface area contributed by atoms with Crippen LogP contribution in [0.5, 0.6) is 0 Å². The van der Waals surface area contributed by atoms with Crippen LogP contribution in [-0.2, 0) is 12.7 Å². The Bertz CT molecular complexity index is 656. The van der Waals surface area contributed by atoms with E-state index in [9.17, 15) is 13.2 Å². The Kier molecular flexibility index (Phi) is 4.84. The molecule has 0 aliphatic heterocycles. The summed E-state index contributed by atoms with van der Waals surface area (Å²) in [5.74, 6) is 0. The van der Waals surface area contributed by atoms with Crippen molar-refractivity contribution in [3.05, 3.63) is 62.6 Å². The summed E-state index contributed by atoms with van der Waals surface area (Å²) < 4.78 is 39.4. The van der Waals surface area contributed by atoms with E-state index in [0.29, 0.717) is 16.0 Å². The zero-order chi connectivity index (χ0) is 15.6. The SMILES string of the molecule is Cc1cc(Cl)ccc1CNc1ccc(Br)cc1C(F)(F)F. The Labute approximate surface area is 134 Å². The van der Waals surface area contributed by atoms with Crippen LogP contribution >= 0.6 is 27.5 Å². The first kappa shape index (κ1) is 16.2. The normalized spacial score (nSPS) is 11.5. The van der Waals surface area contributed by atoms with Crippen molar-refractivity contribution in [2.45, 2.75) is 19.6 Å². The van der Waals surface area contributed by atoms with Crippen molar-refractivity contribution in [2.24, 2.45) is 0 Å². The Hall–Kier alpha value is -1.20. The van der Waals surface area contributed by atoms with Crippen LogP contribution in [-0.4, -0.2) is 0 Å². The molecule has 0 unspecified atom stereocenters. The summed E-state index contributed by atoms with van der Waals surface area (Å²) in [4.78, 5) is 0. The van der Waals surface area contributed by atoms with Crippen LogP contribution in [0, 0.1) is 6.92 Å². The first-order valence-electron chi connectivity index (χ1n) is 6.13. The maximum Gasteiger partial charge on any atom is 0.418 e. The molecule has 0 atom stereocenters. The number of alkyl halides is 3. The molecule has 0 heterocycles. The molecule has 0 saturated heterocycles. The average molecular weight is 379 g/mol. The largest absolute Gasteiger partial charge is 0.418 e. The fourth-order valence-electron chi connectivity index (χ4n) is 1.95. The molecule has 112 valence electrons. The lowest BCUT2D eigenvalue weighted by atomic mass is 10.1. The van der Waals surface area contributed by atoms with Gasteiger partial charge >= 0.3 is 6.18 Å². The van der Waals surface area contributed by atoms with Crippen molar-refractivity contribution in [2.75, 3.05) is 5.32 Å². The molecule has 0 amide bonds. The van der Waals surface area contributed by atoms with Gasteiger partial charge in [-0.3, -0.25) is 0 Å². The van der Waals surface area contributed by atoms with Crippen molar-refractivity contribution in [3.63, 3.8) is 0 Å². The number of aryl methyl sites for hydroxylation is 1. The van der Waals surface area contributed by atoms with Gasteiger partial charge in [-0.1, -0.05) is 33.6 Å². The standard InChI is InChI=1S/C15H12BrClF3N/c1-9-6-12(17)4-2-10(9)8-21-14-5-3-11(16)7-13(14)15(18,19)20/h2-7,21H,8H2,1H3. The van der Waals surface area contributed by atoms with Gasteiger partial charge < -0.3 is 5.32 Å². The molecule has 0 aromatic heterocycles. The number of hydrogen-bond donors (Lipinski definition) is 1. The lowest BCUT2D eigenvalue weighted by Gasteiger charge is -2.16. The highest BCUT2D eigenvalue weighted by atomic mass is 79.9. The monoisotopic (exact) mass is 377 g/mol. The van der Waals surface area contributed by atoms with Gasteiger partial charge in [-0.2, -0.15) is 13.2 Å². The Morgan fingerprint density at radius 2 is 1.86 bits per heavy atom. The van der Waals surface area contributed by atoms with Gasteiger partial charge in [-0.25, -0.2) is 0 Å². The lowest BCUT2D eigenvalue weighted by molar-refractivity contribution is -0.137. The average Bonchev–Trinajstić information content (AvgIpc) is 2.38. The van der Waals surface area contributed by atoms with E-state index < -0.39 is 11.7 Å². The van der Waals surface area contributed by atoms with E-state index >= 15 is 0 Å². The molecule has 0 bridgehead atoms. The topological polar surface area (TPSA) is 12.0 Å². The molecule has 0 fully saturated rings. The minimum Gasteiger partial charge on any atom is -0.380 e. The Morgan fingerprint density at radius 1 is 1.14 bits per heavy atom. The summed E-state index contributed by atoms with van der Waals surface area (Å²) in [6, 6.07) is 9.36. The van der Waals surface area contributed by atoms with Gasteiger partial charge in [0.25, 0.3) is 0 Å². The summed E-state index contributed by atoms with van der Waals surface area (Å²) in [5.41, 5.74) is 1.19. The highest BCUT2D eigenvalue weighted by Gasteiger charge is 2.33. The van der Waals surface area contributed by atoms with Crippen molar-refractivity contribution in [3.8, 4) is 0 Å². The predicted octanol–water partition coefficient (Wildman–Crippen LogP) is 6.04. The maximum atomic E-state index is 13.0. The van der Waals surface area contributed by atoms with Gasteiger partial charge in [0.05, 0.1) is 5.56 Å². The first-order chi connectivity index (χ1) is 9.77. The number of benzene rings is 2. The molecule has 1 nitrogen and oxygen atoms in total. The quantitative estimate of drug-likeness (QED) is 0.686. The Balaban J connectivity index is 2.24. The summed E-state index contributed by atoms with van der Waals surface area (Å²) in [6.45, 7) is 2.17. The number of rotatable bonds is 3. The van der Waals surface area contributed by atoms with Crippen LogP contribution in [0.15, 0.2) is 40.9 Å². The molecule has 2 aromatic carbocycles. The van der Waals surface area contributed by atoms with Gasteiger partial charge in [-0.15, -0.1) is 0 Å². The van der Waals surface area contributed by atoms with Crippen molar-refractivity contribution in [1.29, 1.82) is 0 Å². The van der Waals surface area contributed by atoms with Crippen LogP contribution in [0.1, 0.15) is 16.7 Å². The molecule has 0 saturated carbocycles. The van der Waals surface area contributed by atoms with Gasteiger partial charge in [-0.05, 0) is 48.4 Å². The van der Waals surface area contributed by atoms with E-state index in [2.05, 4.69) is 21.2 Å². The first-order valence-corrected chi connectivity index (χ1v) is 7.30. The zero-order valence-electron chi connectivity index (χ0n) is 11.1. The van der Waals surface area contributed by atoms with Crippen molar-refractivity contribution >= 4 is 33.2 Å². The van der Waals surface area contributed by atoms with E-state index in [-0.39, 0.29) is 5.69 Å². The fraction of sp³-hybridized carbons (Fsp3) is 0.200. The van der Waals surface area contributed by atoms with Crippen LogP contribution < -0.4 is 5.32 Å². The van der Waals surface area contributed by atoms with Gasteiger partial charge in [0.2, 0.25) is 0 Å². The predicted molar refractivity (Wildman–Crippen MR) is 82.7 cm³/mol. The second-order valence-corrected chi connectivity index (χ2v) is 5.96. The third-order valence-electron chi connectivity index (χ3n) is 3.06. The maximum absolute atomic E-state index is 13.0. The summed E-state index contributed by atoms with van der Waals surface area (Å²) in [5, 5.41) is 3.45. The second kappa shape index (κ2) is 6.28. The van der Waals surface area contributed by atoms with Crippen LogP contribution in [0.25, 0.3) is 0 Å². The molecule has 2 rings (SSSR count). The van der Waals surface area contributed by atoms with E-state index in [4.69, 9.17) is 11.6 Å². The highest BCUT2D eigenvalue weighted by molar-refractivity contribution is 9.10. The molecular weight excluding hydrogens is 367 g/mol. The molecule has 21 heavy (non-hydrogen) atoms. The molecule has 1 N–H and O–H groups in total. The Morgan fingerprint density at radius 3 is 2.48 bits per heavy atom. The van der Waals surface area contributed by atoms with Crippen LogP contribution in [0.4, 0.5) is 18.9 Å². The smallest absolute Gasteiger partial charge is 0.380 e. The van der Waals surface area contributed by atoms with Gasteiger partial charge in [0.15, 0.2) is 0 Å². The molecule has 0 aliphatic rings. The van der Waals surface area contributed by atoms with Crippen LogP contribution in [0.3, 0.4) is 0 Å². The summed E-state index contributed by atoms with van der Waals surface area (Å²) >= 11 is 8.92. The zero-order valence-corrected chi connectivity index (χ0v) is 13.4. The third kappa shape index (κ3) is 4.14. The van der Waals surface area contributed by atoms with Crippen molar-refractivity contribution in [1.82, 2.24) is 0 Å².